The molecular formula is C35H44N6O5S. The molecule has 3 amide bonds. The van der Waals surface area contributed by atoms with E-state index in [9.17, 15) is 18.0 Å². The first-order chi connectivity index (χ1) is 22.2. The monoisotopic (exact) mass is 660 g/mol. The van der Waals surface area contributed by atoms with Crippen LogP contribution in [0.15, 0.2) is 66.7 Å². The van der Waals surface area contributed by atoms with Crippen LogP contribution in [-0.4, -0.2) is 74.3 Å². The zero-order valence-electron chi connectivity index (χ0n) is 27.9. The third-order valence-electron chi connectivity index (χ3n) is 8.42. The third-order valence-corrected chi connectivity index (χ3v) is 9.01. The van der Waals surface area contributed by atoms with Crippen LogP contribution in [0.4, 0.5) is 16.2 Å². The van der Waals surface area contributed by atoms with Gasteiger partial charge in [0, 0.05) is 51.7 Å². The molecular weight excluding hydrogens is 616 g/mol. The van der Waals surface area contributed by atoms with Crippen molar-refractivity contribution in [2.24, 2.45) is 7.05 Å². The van der Waals surface area contributed by atoms with Crippen LogP contribution < -0.4 is 20.1 Å². The van der Waals surface area contributed by atoms with Crippen molar-refractivity contribution in [3.05, 3.63) is 89.1 Å². The first kappa shape index (κ1) is 33.8. The van der Waals surface area contributed by atoms with Gasteiger partial charge in [-0.3, -0.25) is 14.4 Å². The second-order valence-electron chi connectivity index (χ2n) is 13.0. The average molecular weight is 661 g/mol. The van der Waals surface area contributed by atoms with Crippen LogP contribution in [0.5, 0.6) is 5.75 Å². The number of benzene rings is 3. The number of carbonyl (C=O) groups is 2. The Morgan fingerprint density at radius 3 is 2.23 bits per heavy atom. The number of piperazine rings is 1. The first-order valence-electron chi connectivity index (χ1n) is 15.6. The summed E-state index contributed by atoms with van der Waals surface area (Å²) in [6.45, 7) is 9.94. The van der Waals surface area contributed by atoms with Crippen molar-refractivity contribution in [1.29, 1.82) is 0 Å². The van der Waals surface area contributed by atoms with E-state index < -0.39 is 10.0 Å². The van der Waals surface area contributed by atoms with Gasteiger partial charge >= 0.3 is 6.03 Å². The average Bonchev–Trinajstić information content (AvgIpc) is 3.36. The van der Waals surface area contributed by atoms with Gasteiger partial charge in [0.2, 0.25) is 10.0 Å². The SMILES string of the molecule is COc1c(NC(=O)c2cc3cccc(CN4CCN(C(=O)NCc5ccccc5)CC4)c3n2C)cc(C(C)(C)C)cc1NS(C)(=O)=O. The number of aromatic nitrogens is 1. The molecule has 0 spiro atoms. The minimum absolute atomic E-state index is 0.0578. The van der Waals surface area contributed by atoms with E-state index in [4.69, 9.17) is 4.74 Å². The molecule has 12 heteroatoms. The summed E-state index contributed by atoms with van der Waals surface area (Å²) in [4.78, 5) is 30.7. The number of nitrogens with one attached hydrogen (secondary N) is 3. The Bertz CT molecular complexity index is 1870. The molecule has 0 radical (unpaired) electrons. The van der Waals surface area contributed by atoms with Gasteiger partial charge in [-0.2, -0.15) is 0 Å². The lowest BCUT2D eigenvalue weighted by atomic mass is 9.86. The second-order valence-corrected chi connectivity index (χ2v) is 14.8. The number of urea groups is 1. The lowest BCUT2D eigenvalue weighted by Crippen LogP contribution is -2.51. The van der Waals surface area contributed by atoms with Crippen molar-refractivity contribution in [1.82, 2.24) is 19.7 Å². The number of amides is 3. The maximum atomic E-state index is 13.8. The summed E-state index contributed by atoms with van der Waals surface area (Å²) in [5.41, 5.74) is 4.67. The summed E-state index contributed by atoms with van der Waals surface area (Å²) < 4.78 is 34.3. The lowest BCUT2D eigenvalue weighted by Gasteiger charge is -2.34. The fourth-order valence-corrected chi connectivity index (χ4v) is 6.47. The van der Waals surface area contributed by atoms with Crippen molar-refractivity contribution in [3.63, 3.8) is 0 Å². The van der Waals surface area contributed by atoms with Crippen molar-refractivity contribution in [2.45, 2.75) is 39.3 Å². The molecule has 1 fully saturated rings. The van der Waals surface area contributed by atoms with Crippen LogP contribution in [-0.2, 0) is 35.6 Å². The Balaban J connectivity index is 1.32. The number of ether oxygens (including phenoxy) is 1. The van der Waals surface area contributed by atoms with Crippen LogP contribution in [0, 0.1) is 0 Å². The van der Waals surface area contributed by atoms with Crippen LogP contribution in [0.1, 0.15) is 48.0 Å². The number of hydrogen-bond acceptors (Lipinski definition) is 6. The molecule has 0 bridgehead atoms. The predicted octanol–water partition coefficient (Wildman–Crippen LogP) is 5.14. The topological polar surface area (TPSA) is 125 Å². The summed E-state index contributed by atoms with van der Waals surface area (Å²) >= 11 is 0. The van der Waals surface area contributed by atoms with E-state index in [1.807, 2.05) is 91.9 Å². The second kappa shape index (κ2) is 13.7. The molecule has 3 N–H and O–H groups in total. The quantitative estimate of drug-likeness (QED) is 0.229. The van der Waals surface area contributed by atoms with E-state index in [2.05, 4.69) is 26.3 Å². The molecule has 0 saturated carbocycles. The number of rotatable bonds is 9. The Kier molecular flexibility index (Phi) is 9.83. The van der Waals surface area contributed by atoms with Gasteiger partial charge in [-0.1, -0.05) is 69.3 Å². The Hall–Kier alpha value is -4.55. The molecule has 4 aromatic rings. The summed E-state index contributed by atoms with van der Waals surface area (Å²) in [6.07, 6.45) is 1.07. The Morgan fingerprint density at radius 2 is 1.60 bits per heavy atom. The molecule has 1 aliphatic heterocycles. The minimum Gasteiger partial charge on any atom is -0.492 e. The molecule has 250 valence electrons. The van der Waals surface area contributed by atoms with Gasteiger partial charge < -0.3 is 24.8 Å². The van der Waals surface area contributed by atoms with E-state index >= 15 is 0 Å². The maximum Gasteiger partial charge on any atom is 0.317 e. The molecule has 0 unspecified atom stereocenters. The van der Waals surface area contributed by atoms with Crippen LogP contribution in [0.25, 0.3) is 10.9 Å². The number of carbonyl (C=O) groups excluding carboxylic acids is 2. The van der Waals surface area contributed by atoms with Gasteiger partial charge in [-0.25, -0.2) is 13.2 Å². The van der Waals surface area contributed by atoms with Crippen molar-refractivity contribution < 1.29 is 22.7 Å². The predicted molar refractivity (Wildman–Crippen MR) is 187 cm³/mol. The molecule has 47 heavy (non-hydrogen) atoms. The number of hydrogen-bond donors (Lipinski definition) is 3. The largest absolute Gasteiger partial charge is 0.492 e. The van der Waals surface area contributed by atoms with E-state index in [0.29, 0.717) is 37.6 Å². The number of anilines is 2. The molecule has 1 aromatic heterocycles. The summed E-state index contributed by atoms with van der Waals surface area (Å²) in [5.74, 6) is -0.122. The molecule has 5 rings (SSSR count). The van der Waals surface area contributed by atoms with Crippen LogP contribution in [0.2, 0.25) is 0 Å². The van der Waals surface area contributed by atoms with E-state index in [1.54, 1.807) is 6.07 Å². The maximum absolute atomic E-state index is 13.8. The fraction of sp³-hybridized carbons (Fsp3) is 0.371. The molecule has 11 nitrogen and oxygen atoms in total. The zero-order valence-corrected chi connectivity index (χ0v) is 28.7. The number of aryl methyl sites for hydroxylation is 1. The van der Waals surface area contributed by atoms with E-state index in [1.165, 1.54) is 7.11 Å². The standard InChI is InChI=1S/C35H44N6O5S/c1-35(2,3)27-20-28(32(46-5)29(21-27)38-47(6,44)45)37-33(42)30-19-25-13-10-14-26(31(25)39(30)4)23-40-15-17-41(18-16-40)34(43)36-22-24-11-8-7-9-12-24/h7-14,19-21,38H,15-18,22-23H2,1-6H3,(H,36,43)(H,37,42). The first-order valence-corrected chi connectivity index (χ1v) is 17.5. The third kappa shape index (κ3) is 8.06. The van der Waals surface area contributed by atoms with E-state index in [-0.39, 0.29) is 28.8 Å². The zero-order chi connectivity index (χ0) is 33.9. The Labute approximate surface area is 276 Å². The number of fused-ring (bicyclic) bond motifs is 1. The van der Waals surface area contributed by atoms with Gasteiger partial charge in [0.1, 0.15) is 5.69 Å². The van der Waals surface area contributed by atoms with Crippen LogP contribution >= 0.6 is 0 Å². The highest BCUT2D eigenvalue weighted by atomic mass is 32.2. The molecule has 0 atom stereocenters. The van der Waals surface area contributed by atoms with E-state index in [0.717, 1.165) is 46.9 Å². The van der Waals surface area contributed by atoms with Crippen molar-refractivity contribution >= 4 is 44.2 Å². The molecule has 3 aromatic carbocycles. The Morgan fingerprint density at radius 1 is 0.915 bits per heavy atom. The summed E-state index contributed by atoms with van der Waals surface area (Å²) in [5, 5.41) is 6.93. The molecule has 0 aliphatic carbocycles. The normalized spacial score (nSPS) is 14.2. The van der Waals surface area contributed by atoms with Gasteiger partial charge in [-0.05, 0) is 40.3 Å². The molecule has 1 saturated heterocycles. The van der Waals surface area contributed by atoms with Crippen LogP contribution in [0.3, 0.4) is 0 Å². The highest BCUT2D eigenvalue weighted by Crippen LogP contribution is 2.39. The summed E-state index contributed by atoms with van der Waals surface area (Å²) in [6, 6.07) is 21.3. The number of para-hydroxylation sites is 1. The van der Waals surface area contributed by atoms with Gasteiger partial charge in [0.25, 0.3) is 5.91 Å². The highest BCUT2D eigenvalue weighted by Gasteiger charge is 2.25. The number of nitrogens with zero attached hydrogens (tertiary/aromatic N) is 3. The smallest absolute Gasteiger partial charge is 0.317 e. The van der Waals surface area contributed by atoms with Gasteiger partial charge in [0.15, 0.2) is 5.75 Å². The number of sulfonamides is 1. The lowest BCUT2D eigenvalue weighted by molar-refractivity contribution is 0.101. The van der Waals surface area contributed by atoms with Crippen molar-refractivity contribution in [2.75, 3.05) is 49.6 Å². The minimum atomic E-state index is -3.60. The highest BCUT2D eigenvalue weighted by molar-refractivity contribution is 7.92. The summed E-state index contributed by atoms with van der Waals surface area (Å²) in [7, 11) is -0.295. The molecule has 2 heterocycles. The number of methoxy groups -OCH3 is 1. The fourth-order valence-electron chi connectivity index (χ4n) is 5.92. The molecule has 1 aliphatic rings. The van der Waals surface area contributed by atoms with Crippen molar-refractivity contribution in [3.8, 4) is 5.75 Å². The van der Waals surface area contributed by atoms with Gasteiger partial charge in [-0.15, -0.1) is 0 Å². The van der Waals surface area contributed by atoms with Gasteiger partial charge in [0.05, 0.1) is 30.3 Å².